The first-order valence-electron chi connectivity index (χ1n) is 7.19. The zero-order valence-corrected chi connectivity index (χ0v) is 12.1. The van der Waals surface area contributed by atoms with Gasteiger partial charge in [0.1, 0.15) is 11.6 Å². The molecule has 1 aromatic rings. The highest BCUT2D eigenvalue weighted by Gasteiger charge is 2.30. The van der Waals surface area contributed by atoms with Gasteiger partial charge < -0.3 is 10.2 Å². The summed E-state index contributed by atoms with van der Waals surface area (Å²) < 4.78 is 0. The minimum atomic E-state index is -0.500. The maximum atomic E-state index is 11.4. The van der Waals surface area contributed by atoms with Crippen LogP contribution < -0.4 is 10.2 Å². The Hall–Kier alpha value is -2.20. The van der Waals surface area contributed by atoms with Crippen LogP contribution in [0.4, 0.5) is 11.5 Å². The molecule has 0 amide bonds. The molecule has 1 unspecified atom stereocenters. The van der Waals surface area contributed by atoms with E-state index in [0.717, 1.165) is 32.4 Å². The van der Waals surface area contributed by atoms with E-state index in [1.807, 2.05) is 17.9 Å². The fourth-order valence-corrected chi connectivity index (χ4v) is 2.73. The van der Waals surface area contributed by atoms with E-state index in [-0.39, 0.29) is 17.3 Å². The lowest BCUT2D eigenvalue weighted by Crippen LogP contribution is -2.47. The smallest absolute Gasteiger partial charge is 0.329 e. The van der Waals surface area contributed by atoms with Crippen LogP contribution >= 0.6 is 0 Å². The highest BCUT2D eigenvalue weighted by Crippen LogP contribution is 2.31. The number of nitro groups is 1. The van der Waals surface area contributed by atoms with Crippen molar-refractivity contribution in [3.8, 4) is 6.07 Å². The van der Waals surface area contributed by atoms with Crippen molar-refractivity contribution in [3.63, 3.8) is 0 Å². The minimum absolute atomic E-state index is 0.0647. The molecule has 0 radical (unpaired) electrons. The lowest BCUT2D eigenvalue weighted by Gasteiger charge is -2.35. The molecule has 1 saturated heterocycles. The van der Waals surface area contributed by atoms with Gasteiger partial charge >= 0.3 is 5.69 Å². The maximum Gasteiger partial charge on any atom is 0.329 e. The van der Waals surface area contributed by atoms with E-state index in [1.165, 1.54) is 12.3 Å². The Kier molecular flexibility index (Phi) is 5.06. The Bertz CT molecular complexity index is 549. The van der Waals surface area contributed by atoms with Crippen LogP contribution in [0, 0.1) is 21.4 Å². The van der Waals surface area contributed by atoms with E-state index in [4.69, 9.17) is 5.26 Å². The summed E-state index contributed by atoms with van der Waals surface area (Å²) in [4.78, 5) is 17.1. The fourth-order valence-electron chi connectivity index (χ4n) is 2.73. The molecule has 2 heterocycles. The minimum Gasteiger partial charge on any atom is -0.347 e. The van der Waals surface area contributed by atoms with Crippen molar-refractivity contribution >= 4 is 11.5 Å². The number of piperidine rings is 1. The van der Waals surface area contributed by atoms with Gasteiger partial charge in [-0.1, -0.05) is 6.92 Å². The molecule has 7 nitrogen and oxygen atoms in total. The van der Waals surface area contributed by atoms with Crippen molar-refractivity contribution in [1.82, 2.24) is 10.3 Å². The SMILES string of the molecule is CCCN(c1nccc(C#N)c1[N+](=O)[O-])C1CCCNC1. The zero-order valence-electron chi connectivity index (χ0n) is 12.1. The Morgan fingerprint density at radius 2 is 2.48 bits per heavy atom. The predicted octanol–water partition coefficient (Wildman–Crippen LogP) is 1.83. The second kappa shape index (κ2) is 6.99. The molecular weight excluding hydrogens is 270 g/mol. The second-order valence-corrected chi connectivity index (χ2v) is 5.09. The highest BCUT2D eigenvalue weighted by atomic mass is 16.6. The van der Waals surface area contributed by atoms with Gasteiger partial charge in [-0.25, -0.2) is 4.98 Å². The van der Waals surface area contributed by atoms with E-state index >= 15 is 0 Å². The van der Waals surface area contributed by atoms with Gasteiger partial charge in [0, 0.05) is 25.3 Å². The molecule has 0 aliphatic carbocycles. The van der Waals surface area contributed by atoms with Crippen molar-refractivity contribution in [1.29, 1.82) is 5.26 Å². The van der Waals surface area contributed by atoms with Crippen LogP contribution in [0.2, 0.25) is 0 Å². The van der Waals surface area contributed by atoms with Crippen molar-refractivity contribution in [2.24, 2.45) is 0 Å². The molecule has 1 fully saturated rings. The van der Waals surface area contributed by atoms with Crippen molar-refractivity contribution in [3.05, 3.63) is 27.9 Å². The number of nitrogens with zero attached hydrogens (tertiary/aromatic N) is 4. The van der Waals surface area contributed by atoms with E-state index in [1.54, 1.807) is 0 Å². The second-order valence-electron chi connectivity index (χ2n) is 5.09. The predicted molar refractivity (Wildman–Crippen MR) is 79.1 cm³/mol. The number of nitriles is 1. The van der Waals surface area contributed by atoms with Gasteiger partial charge in [-0.15, -0.1) is 0 Å². The summed E-state index contributed by atoms with van der Waals surface area (Å²) in [6, 6.07) is 3.47. The molecule has 1 aliphatic rings. The van der Waals surface area contributed by atoms with Crippen LogP contribution in [0.1, 0.15) is 31.7 Å². The number of aromatic nitrogens is 1. The number of pyridine rings is 1. The molecule has 1 N–H and O–H groups in total. The van der Waals surface area contributed by atoms with E-state index in [2.05, 4.69) is 10.3 Å². The summed E-state index contributed by atoms with van der Waals surface area (Å²) in [5.74, 6) is 0.314. The molecule has 0 saturated carbocycles. The number of anilines is 1. The molecule has 0 bridgehead atoms. The molecule has 0 aromatic carbocycles. The summed E-state index contributed by atoms with van der Waals surface area (Å²) in [6.45, 7) is 4.48. The van der Waals surface area contributed by atoms with Gasteiger partial charge in [0.05, 0.1) is 4.92 Å². The molecule has 2 rings (SSSR count). The normalized spacial score (nSPS) is 18.0. The lowest BCUT2D eigenvalue weighted by atomic mass is 10.0. The summed E-state index contributed by atoms with van der Waals surface area (Å²) in [6.07, 6.45) is 4.35. The Balaban J connectivity index is 2.44. The standard InChI is InChI=1S/C14H19N5O2/c1-2-8-18(12-4-3-6-16-10-12)14-13(19(20)21)11(9-15)5-7-17-14/h5,7,12,16H,2-4,6,8,10H2,1H3. The average Bonchev–Trinajstić information content (AvgIpc) is 2.52. The quantitative estimate of drug-likeness (QED) is 0.656. The zero-order chi connectivity index (χ0) is 15.2. The number of hydrogen-bond donors (Lipinski definition) is 1. The Morgan fingerprint density at radius 3 is 3.05 bits per heavy atom. The number of nitrogens with one attached hydrogen (secondary N) is 1. The molecule has 1 atom stereocenters. The molecule has 112 valence electrons. The van der Waals surface area contributed by atoms with Crippen LogP contribution in [0.15, 0.2) is 12.3 Å². The van der Waals surface area contributed by atoms with Gasteiger partial charge in [-0.05, 0) is 31.9 Å². The van der Waals surface area contributed by atoms with Crippen molar-refractivity contribution in [2.45, 2.75) is 32.2 Å². The third-order valence-electron chi connectivity index (χ3n) is 3.66. The highest BCUT2D eigenvalue weighted by molar-refractivity contribution is 5.65. The fraction of sp³-hybridized carbons (Fsp3) is 0.571. The largest absolute Gasteiger partial charge is 0.347 e. The maximum absolute atomic E-state index is 11.4. The molecule has 1 aromatic heterocycles. The topological polar surface area (TPSA) is 95.1 Å². The lowest BCUT2D eigenvalue weighted by molar-refractivity contribution is -0.384. The third-order valence-corrected chi connectivity index (χ3v) is 3.66. The van der Waals surface area contributed by atoms with E-state index in [0.29, 0.717) is 12.4 Å². The number of hydrogen-bond acceptors (Lipinski definition) is 6. The summed E-state index contributed by atoms with van der Waals surface area (Å²) in [5.41, 5.74) is -0.117. The van der Waals surface area contributed by atoms with Crippen molar-refractivity contribution < 1.29 is 4.92 Å². The molecule has 0 spiro atoms. The molecule has 1 aliphatic heterocycles. The van der Waals surface area contributed by atoms with Crippen LogP contribution in [-0.2, 0) is 0 Å². The van der Waals surface area contributed by atoms with Crippen LogP contribution in [0.5, 0.6) is 0 Å². The Labute approximate surface area is 123 Å². The van der Waals surface area contributed by atoms with Gasteiger partial charge in [0.25, 0.3) is 0 Å². The Morgan fingerprint density at radius 1 is 1.67 bits per heavy atom. The van der Waals surface area contributed by atoms with Gasteiger partial charge in [-0.3, -0.25) is 10.1 Å². The summed E-state index contributed by atoms with van der Waals surface area (Å²) in [5, 5.41) is 23.8. The van der Waals surface area contributed by atoms with Gasteiger partial charge in [0.2, 0.25) is 5.82 Å². The summed E-state index contributed by atoms with van der Waals surface area (Å²) >= 11 is 0. The summed E-state index contributed by atoms with van der Waals surface area (Å²) in [7, 11) is 0. The molecule has 21 heavy (non-hydrogen) atoms. The van der Waals surface area contributed by atoms with Gasteiger partial charge in [-0.2, -0.15) is 5.26 Å². The third kappa shape index (κ3) is 3.28. The van der Waals surface area contributed by atoms with Crippen LogP contribution in [0.25, 0.3) is 0 Å². The van der Waals surface area contributed by atoms with Gasteiger partial charge in [0.15, 0.2) is 0 Å². The van der Waals surface area contributed by atoms with Crippen LogP contribution in [-0.4, -0.2) is 35.6 Å². The van der Waals surface area contributed by atoms with Crippen LogP contribution in [0.3, 0.4) is 0 Å². The average molecular weight is 289 g/mol. The van der Waals surface area contributed by atoms with Crippen molar-refractivity contribution in [2.75, 3.05) is 24.5 Å². The first-order chi connectivity index (χ1) is 10.2. The molecule has 7 heteroatoms. The monoisotopic (exact) mass is 289 g/mol. The van der Waals surface area contributed by atoms with E-state index < -0.39 is 4.92 Å². The number of rotatable bonds is 5. The first-order valence-corrected chi connectivity index (χ1v) is 7.19. The first kappa shape index (κ1) is 15.2. The van der Waals surface area contributed by atoms with E-state index in [9.17, 15) is 10.1 Å². The molecular formula is C14H19N5O2.